The molecule has 0 radical (unpaired) electrons. The molecule has 0 bridgehead atoms. The molecule has 1 aromatic carbocycles. The van der Waals surface area contributed by atoms with Crippen LogP contribution in [0.2, 0.25) is 0 Å². The monoisotopic (exact) mass is 288 g/mol. The van der Waals surface area contributed by atoms with Gasteiger partial charge in [0.2, 0.25) is 0 Å². The summed E-state index contributed by atoms with van der Waals surface area (Å²) in [7, 11) is 0. The Morgan fingerprint density at radius 3 is 2.88 bits per heavy atom. The molecule has 0 aliphatic carbocycles. The Labute approximate surface area is 102 Å². The number of nitrogens with two attached hydrogens (primary N) is 1. The van der Waals surface area contributed by atoms with E-state index >= 15 is 0 Å². The van der Waals surface area contributed by atoms with E-state index in [1.54, 1.807) is 6.07 Å². The summed E-state index contributed by atoms with van der Waals surface area (Å²) < 4.78 is 13.8. The standard InChI is InChI=1S/C11H14BrFN2O/c1-7(14)5-6-15-11(16)10-8(12)3-2-4-9(10)13/h2-4,7H,5-6,14H2,1H3,(H,15,16). The van der Waals surface area contributed by atoms with Crippen molar-refractivity contribution >= 4 is 21.8 Å². The van der Waals surface area contributed by atoms with Crippen molar-refractivity contribution in [2.24, 2.45) is 5.73 Å². The molecule has 0 fully saturated rings. The fourth-order valence-electron chi connectivity index (χ4n) is 1.22. The van der Waals surface area contributed by atoms with Crippen molar-refractivity contribution in [3.63, 3.8) is 0 Å². The third-order valence-electron chi connectivity index (χ3n) is 2.08. The molecule has 0 heterocycles. The van der Waals surface area contributed by atoms with Crippen LogP contribution in [-0.2, 0) is 0 Å². The van der Waals surface area contributed by atoms with E-state index in [2.05, 4.69) is 21.2 Å². The van der Waals surface area contributed by atoms with Crippen LogP contribution in [0.5, 0.6) is 0 Å². The second-order valence-electron chi connectivity index (χ2n) is 3.62. The molecule has 0 aliphatic heterocycles. The smallest absolute Gasteiger partial charge is 0.255 e. The van der Waals surface area contributed by atoms with Crippen LogP contribution in [0, 0.1) is 5.82 Å². The Morgan fingerprint density at radius 2 is 2.31 bits per heavy atom. The van der Waals surface area contributed by atoms with Gasteiger partial charge in [0, 0.05) is 17.1 Å². The second-order valence-corrected chi connectivity index (χ2v) is 4.47. The van der Waals surface area contributed by atoms with Gasteiger partial charge in [-0.3, -0.25) is 4.79 Å². The fraction of sp³-hybridized carbons (Fsp3) is 0.364. The van der Waals surface area contributed by atoms with Crippen LogP contribution >= 0.6 is 15.9 Å². The first kappa shape index (κ1) is 13.1. The predicted octanol–water partition coefficient (Wildman–Crippen LogP) is 2.06. The SMILES string of the molecule is CC(N)CCNC(=O)c1c(F)cccc1Br. The number of nitrogens with one attached hydrogen (secondary N) is 1. The molecule has 0 saturated heterocycles. The lowest BCUT2D eigenvalue weighted by Gasteiger charge is -2.09. The highest BCUT2D eigenvalue weighted by molar-refractivity contribution is 9.10. The van der Waals surface area contributed by atoms with Crippen LogP contribution in [0.3, 0.4) is 0 Å². The van der Waals surface area contributed by atoms with E-state index in [1.165, 1.54) is 12.1 Å². The van der Waals surface area contributed by atoms with Crippen LogP contribution < -0.4 is 11.1 Å². The summed E-state index contributed by atoms with van der Waals surface area (Å²) in [6.07, 6.45) is 0.664. The zero-order chi connectivity index (χ0) is 12.1. The van der Waals surface area contributed by atoms with Crippen molar-refractivity contribution in [1.82, 2.24) is 5.32 Å². The topological polar surface area (TPSA) is 55.1 Å². The summed E-state index contributed by atoms with van der Waals surface area (Å²) in [5.41, 5.74) is 5.58. The van der Waals surface area contributed by atoms with Gasteiger partial charge in [0.1, 0.15) is 5.82 Å². The average molecular weight is 289 g/mol. The van der Waals surface area contributed by atoms with Gasteiger partial charge in [-0.25, -0.2) is 4.39 Å². The van der Waals surface area contributed by atoms with Crippen LogP contribution in [0.15, 0.2) is 22.7 Å². The maximum Gasteiger partial charge on any atom is 0.255 e. The van der Waals surface area contributed by atoms with Crippen molar-refractivity contribution in [1.29, 1.82) is 0 Å². The van der Waals surface area contributed by atoms with Crippen LogP contribution in [0.4, 0.5) is 4.39 Å². The van der Waals surface area contributed by atoms with Crippen molar-refractivity contribution in [2.45, 2.75) is 19.4 Å². The van der Waals surface area contributed by atoms with Gasteiger partial charge in [0.25, 0.3) is 5.91 Å². The van der Waals surface area contributed by atoms with Crippen LogP contribution in [0.25, 0.3) is 0 Å². The van der Waals surface area contributed by atoms with Gasteiger partial charge in [-0.1, -0.05) is 6.07 Å². The van der Waals surface area contributed by atoms with E-state index in [0.717, 1.165) is 0 Å². The number of hydrogen-bond donors (Lipinski definition) is 2. The van der Waals surface area contributed by atoms with E-state index in [9.17, 15) is 9.18 Å². The molecule has 3 nitrogen and oxygen atoms in total. The quantitative estimate of drug-likeness (QED) is 0.891. The highest BCUT2D eigenvalue weighted by Gasteiger charge is 2.14. The van der Waals surface area contributed by atoms with Gasteiger partial charge >= 0.3 is 0 Å². The molecule has 88 valence electrons. The number of amides is 1. The molecule has 3 N–H and O–H groups in total. The maximum atomic E-state index is 13.4. The number of rotatable bonds is 4. The molecule has 1 rings (SSSR count). The number of carbonyl (C=O) groups is 1. The largest absolute Gasteiger partial charge is 0.352 e. The number of halogens is 2. The highest BCUT2D eigenvalue weighted by Crippen LogP contribution is 2.19. The molecule has 1 amide bonds. The molecule has 5 heteroatoms. The molecule has 1 unspecified atom stereocenters. The zero-order valence-corrected chi connectivity index (χ0v) is 10.6. The minimum atomic E-state index is -0.535. The Bertz CT molecular complexity index is 362. The van der Waals surface area contributed by atoms with Crippen LogP contribution in [0.1, 0.15) is 23.7 Å². The lowest BCUT2D eigenvalue weighted by atomic mass is 10.2. The van der Waals surface area contributed by atoms with Crippen molar-refractivity contribution in [2.75, 3.05) is 6.54 Å². The summed E-state index contributed by atoms with van der Waals surface area (Å²) in [6, 6.07) is 4.44. The molecule has 0 aromatic heterocycles. The molecule has 0 aliphatic rings. The third-order valence-corrected chi connectivity index (χ3v) is 2.74. The van der Waals surface area contributed by atoms with E-state index in [0.29, 0.717) is 17.4 Å². The Hall–Kier alpha value is -0.940. The van der Waals surface area contributed by atoms with Crippen molar-refractivity contribution < 1.29 is 9.18 Å². The summed E-state index contributed by atoms with van der Waals surface area (Å²) in [6.45, 7) is 2.29. The lowest BCUT2D eigenvalue weighted by Crippen LogP contribution is -2.29. The highest BCUT2D eigenvalue weighted by atomic mass is 79.9. The summed E-state index contributed by atoms with van der Waals surface area (Å²) in [4.78, 5) is 11.6. The Kier molecular flexibility index (Phi) is 4.89. The van der Waals surface area contributed by atoms with E-state index < -0.39 is 11.7 Å². The molecular formula is C11H14BrFN2O. The van der Waals surface area contributed by atoms with Crippen LogP contribution in [-0.4, -0.2) is 18.5 Å². The normalized spacial score (nSPS) is 12.2. The van der Waals surface area contributed by atoms with Gasteiger partial charge < -0.3 is 11.1 Å². The molecular weight excluding hydrogens is 275 g/mol. The molecule has 16 heavy (non-hydrogen) atoms. The Morgan fingerprint density at radius 1 is 1.62 bits per heavy atom. The van der Waals surface area contributed by atoms with Crippen molar-refractivity contribution in [3.05, 3.63) is 34.1 Å². The molecule has 1 atom stereocenters. The number of carbonyl (C=O) groups excluding carboxylic acids is 1. The molecule has 0 saturated carbocycles. The van der Waals surface area contributed by atoms with Gasteiger partial charge in [-0.05, 0) is 41.4 Å². The predicted molar refractivity (Wildman–Crippen MR) is 64.7 cm³/mol. The summed E-state index contributed by atoms with van der Waals surface area (Å²) >= 11 is 3.14. The third kappa shape index (κ3) is 3.57. The number of benzene rings is 1. The summed E-state index contributed by atoms with van der Waals surface area (Å²) in [5.74, 6) is -0.960. The minimum absolute atomic E-state index is 0.0179. The molecule has 1 aromatic rings. The summed E-state index contributed by atoms with van der Waals surface area (Å²) in [5, 5.41) is 2.62. The van der Waals surface area contributed by atoms with Gasteiger partial charge in [-0.2, -0.15) is 0 Å². The second kappa shape index (κ2) is 5.96. The van der Waals surface area contributed by atoms with E-state index in [4.69, 9.17) is 5.73 Å². The van der Waals surface area contributed by atoms with Gasteiger partial charge in [0.05, 0.1) is 5.56 Å². The molecule has 0 spiro atoms. The van der Waals surface area contributed by atoms with E-state index in [1.807, 2.05) is 6.92 Å². The fourth-order valence-corrected chi connectivity index (χ4v) is 1.74. The maximum absolute atomic E-state index is 13.4. The average Bonchev–Trinajstić information content (AvgIpc) is 2.16. The van der Waals surface area contributed by atoms with Crippen molar-refractivity contribution in [3.8, 4) is 0 Å². The first-order chi connectivity index (χ1) is 7.52. The van der Waals surface area contributed by atoms with Gasteiger partial charge in [0.15, 0.2) is 0 Å². The first-order valence-corrected chi connectivity index (χ1v) is 5.79. The minimum Gasteiger partial charge on any atom is -0.352 e. The Balaban J connectivity index is 2.66. The first-order valence-electron chi connectivity index (χ1n) is 5.00. The lowest BCUT2D eigenvalue weighted by molar-refractivity contribution is 0.0948. The number of hydrogen-bond acceptors (Lipinski definition) is 2. The zero-order valence-electron chi connectivity index (χ0n) is 8.97. The van der Waals surface area contributed by atoms with E-state index in [-0.39, 0.29) is 11.6 Å². The van der Waals surface area contributed by atoms with Gasteiger partial charge in [-0.15, -0.1) is 0 Å².